The van der Waals surface area contributed by atoms with Crippen molar-refractivity contribution in [3.63, 3.8) is 0 Å². The molecule has 1 aliphatic rings. The van der Waals surface area contributed by atoms with Crippen LogP contribution in [0.2, 0.25) is 0 Å². The lowest BCUT2D eigenvalue weighted by Gasteiger charge is -2.38. The number of nitrogens with zero attached hydrogens (tertiary/aromatic N) is 1. The normalized spacial score (nSPS) is 19.4. The molecule has 0 spiro atoms. The first-order valence-electron chi connectivity index (χ1n) is 9.08. The topological polar surface area (TPSA) is 72.9 Å². The van der Waals surface area contributed by atoms with Gasteiger partial charge in [-0.25, -0.2) is 13.6 Å². The van der Waals surface area contributed by atoms with Crippen molar-refractivity contribution in [2.24, 2.45) is 5.92 Å². The molecule has 0 aliphatic carbocycles. The Balaban J connectivity index is 2.36. The summed E-state index contributed by atoms with van der Waals surface area (Å²) in [5.74, 6) is -5.64. The number of halogens is 5. The third kappa shape index (κ3) is 5.25. The lowest BCUT2D eigenvalue weighted by molar-refractivity contribution is -0.147. The molecule has 0 radical (unpaired) electrons. The molecule has 1 fully saturated rings. The Labute approximate surface area is 168 Å². The van der Waals surface area contributed by atoms with E-state index in [1.165, 1.54) is 0 Å². The maximum atomic E-state index is 14.1. The minimum absolute atomic E-state index is 0.0547. The van der Waals surface area contributed by atoms with Crippen LogP contribution in [0.15, 0.2) is 12.1 Å². The summed E-state index contributed by atoms with van der Waals surface area (Å²) in [4.78, 5) is 37.1. The zero-order valence-corrected chi connectivity index (χ0v) is 16.2. The molecule has 2 rings (SSSR count). The van der Waals surface area contributed by atoms with Gasteiger partial charge in [-0.1, -0.05) is 0 Å². The molecule has 0 bridgehead atoms. The number of hydrogen-bond donors (Lipinski definition) is 0. The van der Waals surface area contributed by atoms with Crippen molar-refractivity contribution in [2.75, 3.05) is 20.3 Å². The fraction of sp³-hybridized carbons (Fsp3) is 0.526. The van der Waals surface area contributed by atoms with Crippen molar-refractivity contribution >= 4 is 17.8 Å². The third-order valence-electron chi connectivity index (χ3n) is 4.82. The van der Waals surface area contributed by atoms with E-state index in [1.54, 1.807) is 6.92 Å². The van der Waals surface area contributed by atoms with Crippen LogP contribution >= 0.6 is 0 Å². The Morgan fingerprint density at radius 3 is 2.27 bits per heavy atom. The number of amides is 1. The van der Waals surface area contributed by atoms with Gasteiger partial charge in [-0.05, 0) is 37.5 Å². The van der Waals surface area contributed by atoms with Gasteiger partial charge in [0.15, 0.2) is 0 Å². The van der Waals surface area contributed by atoms with Crippen LogP contribution in [0.3, 0.4) is 0 Å². The highest BCUT2D eigenvalue weighted by Gasteiger charge is 2.41. The van der Waals surface area contributed by atoms with Gasteiger partial charge in [-0.3, -0.25) is 9.59 Å². The standard InChI is InChI=1S/C19H20F5NO5/c1-3-30-16(27)9-15(26)10-4-5-25(18(28)29-2)14(8-10)11-6-12(20)17(13(21)7-11)19(22,23)24/h6-7,10,14H,3-5,8-9H2,1-2H3/t10-,14-/m0/s1. The van der Waals surface area contributed by atoms with Crippen molar-refractivity contribution < 1.29 is 45.8 Å². The van der Waals surface area contributed by atoms with Gasteiger partial charge >= 0.3 is 18.2 Å². The number of ether oxygens (including phenoxy) is 2. The zero-order valence-electron chi connectivity index (χ0n) is 16.2. The van der Waals surface area contributed by atoms with Crippen molar-refractivity contribution in [1.29, 1.82) is 0 Å². The maximum absolute atomic E-state index is 14.1. The second kappa shape index (κ2) is 9.40. The van der Waals surface area contributed by atoms with Crippen LogP contribution in [0, 0.1) is 17.6 Å². The molecule has 30 heavy (non-hydrogen) atoms. The molecule has 2 atom stereocenters. The Morgan fingerprint density at radius 1 is 1.17 bits per heavy atom. The number of rotatable bonds is 5. The van der Waals surface area contributed by atoms with E-state index in [-0.39, 0.29) is 31.6 Å². The van der Waals surface area contributed by atoms with Gasteiger partial charge in [-0.2, -0.15) is 13.2 Å². The van der Waals surface area contributed by atoms with Gasteiger partial charge in [0.25, 0.3) is 0 Å². The first kappa shape index (κ1) is 23.6. The molecule has 1 amide bonds. The molecule has 1 aliphatic heterocycles. The Kier molecular flexibility index (Phi) is 7.38. The molecule has 6 nitrogen and oxygen atoms in total. The highest BCUT2D eigenvalue weighted by molar-refractivity contribution is 5.97. The maximum Gasteiger partial charge on any atom is 0.422 e. The molecule has 0 aromatic heterocycles. The van der Waals surface area contributed by atoms with Crippen molar-refractivity contribution in [3.8, 4) is 0 Å². The molecule has 1 aromatic carbocycles. The first-order valence-corrected chi connectivity index (χ1v) is 9.08. The molecule has 0 N–H and O–H groups in total. The number of benzene rings is 1. The number of carbonyl (C=O) groups is 3. The second-order valence-electron chi connectivity index (χ2n) is 6.71. The van der Waals surface area contributed by atoms with Crippen LogP contribution in [-0.4, -0.2) is 43.0 Å². The summed E-state index contributed by atoms with van der Waals surface area (Å²) in [5, 5.41) is 0. The highest BCUT2D eigenvalue weighted by Crippen LogP contribution is 2.39. The van der Waals surface area contributed by atoms with Crippen LogP contribution in [0.1, 0.15) is 43.4 Å². The van der Waals surface area contributed by atoms with Gasteiger partial charge in [0.2, 0.25) is 0 Å². The van der Waals surface area contributed by atoms with E-state index in [1.807, 2.05) is 0 Å². The summed E-state index contributed by atoms with van der Waals surface area (Å²) in [6, 6.07) is -0.135. The smallest absolute Gasteiger partial charge is 0.422 e. The van der Waals surface area contributed by atoms with Crippen LogP contribution in [0.25, 0.3) is 0 Å². The van der Waals surface area contributed by atoms with Gasteiger partial charge in [-0.15, -0.1) is 0 Å². The molecular weight excluding hydrogens is 417 g/mol. The van der Waals surface area contributed by atoms with Gasteiger partial charge in [0.05, 0.1) is 19.8 Å². The summed E-state index contributed by atoms with van der Waals surface area (Å²) in [5.41, 5.74) is -2.29. The molecular formula is C19H20F5NO5. The fourth-order valence-corrected chi connectivity index (χ4v) is 3.46. The van der Waals surface area contributed by atoms with E-state index in [0.717, 1.165) is 12.0 Å². The number of likely N-dealkylation sites (tertiary alicyclic amines) is 1. The van der Waals surface area contributed by atoms with Gasteiger partial charge < -0.3 is 14.4 Å². The minimum atomic E-state index is -5.24. The number of piperidine rings is 1. The predicted molar refractivity (Wildman–Crippen MR) is 92.2 cm³/mol. The lowest BCUT2D eigenvalue weighted by atomic mass is 9.83. The molecule has 166 valence electrons. The SMILES string of the molecule is CCOC(=O)CC(=O)[C@H]1CCN(C(=O)OC)[C@H](c2cc(F)c(C(F)(F)F)c(F)c2)C1. The second-order valence-corrected chi connectivity index (χ2v) is 6.71. The molecule has 0 unspecified atom stereocenters. The number of alkyl halides is 3. The molecule has 11 heteroatoms. The summed E-state index contributed by atoms with van der Waals surface area (Å²) < 4.78 is 76.0. The largest absolute Gasteiger partial charge is 0.466 e. The Hall–Kier alpha value is -2.72. The number of methoxy groups -OCH3 is 1. The van der Waals surface area contributed by atoms with Crippen molar-refractivity contribution in [2.45, 2.75) is 38.4 Å². The predicted octanol–water partition coefficient (Wildman–Crippen LogP) is 4.03. The number of hydrogen-bond acceptors (Lipinski definition) is 5. The Morgan fingerprint density at radius 2 is 1.77 bits per heavy atom. The lowest BCUT2D eigenvalue weighted by Crippen LogP contribution is -2.43. The quantitative estimate of drug-likeness (QED) is 0.395. The van der Waals surface area contributed by atoms with Crippen LogP contribution in [0.4, 0.5) is 26.7 Å². The highest BCUT2D eigenvalue weighted by atomic mass is 19.4. The summed E-state index contributed by atoms with van der Waals surface area (Å²) in [7, 11) is 1.07. The van der Waals surface area contributed by atoms with E-state index < -0.39 is 59.6 Å². The Bertz CT molecular complexity index is 803. The van der Waals surface area contributed by atoms with Crippen LogP contribution in [-0.2, 0) is 25.2 Å². The number of esters is 1. The number of carbonyl (C=O) groups excluding carboxylic acids is 3. The average Bonchev–Trinajstić information content (AvgIpc) is 2.65. The van der Waals surface area contributed by atoms with E-state index in [0.29, 0.717) is 12.1 Å². The van der Waals surface area contributed by atoms with Crippen LogP contribution < -0.4 is 0 Å². The summed E-state index contributed by atoms with van der Waals surface area (Å²) in [6.45, 7) is 1.60. The molecule has 0 saturated carbocycles. The van der Waals surface area contributed by atoms with Gasteiger partial charge in [0, 0.05) is 12.5 Å². The first-order chi connectivity index (χ1) is 14.0. The molecule has 1 heterocycles. The monoisotopic (exact) mass is 437 g/mol. The summed E-state index contributed by atoms with van der Waals surface area (Å²) in [6.07, 6.45) is -6.61. The van der Waals surface area contributed by atoms with E-state index in [2.05, 4.69) is 4.74 Å². The van der Waals surface area contributed by atoms with Crippen molar-refractivity contribution in [1.82, 2.24) is 4.90 Å². The average molecular weight is 437 g/mol. The number of ketones is 1. The minimum Gasteiger partial charge on any atom is -0.466 e. The van der Waals surface area contributed by atoms with E-state index >= 15 is 0 Å². The van der Waals surface area contributed by atoms with Crippen LogP contribution in [0.5, 0.6) is 0 Å². The summed E-state index contributed by atoms with van der Waals surface area (Å²) >= 11 is 0. The molecule has 1 aromatic rings. The zero-order chi connectivity index (χ0) is 22.6. The van der Waals surface area contributed by atoms with E-state index in [9.17, 15) is 36.3 Å². The van der Waals surface area contributed by atoms with E-state index in [4.69, 9.17) is 4.74 Å². The molecule has 1 saturated heterocycles. The number of Topliss-reactive ketones (excluding diaryl/α,β-unsaturated/α-hetero) is 1. The third-order valence-corrected chi connectivity index (χ3v) is 4.82. The fourth-order valence-electron chi connectivity index (χ4n) is 3.46. The van der Waals surface area contributed by atoms with Crippen molar-refractivity contribution in [3.05, 3.63) is 34.9 Å². The van der Waals surface area contributed by atoms with Gasteiger partial charge in [0.1, 0.15) is 29.4 Å².